The smallest absolute Gasteiger partial charge is 0.194 e. The van der Waals surface area contributed by atoms with E-state index in [1.807, 2.05) is 0 Å². The fraction of sp³-hybridized carbons (Fsp3) is 0.600. The zero-order valence-corrected chi connectivity index (χ0v) is 10.7. The van der Waals surface area contributed by atoms with Crippen LogP contribution >= 0.6 is 0 Å². The molecule has 1 heterocycles. The summed E-state index contributed by atoms with van der Waals surface area (Å²) in [4.78, 5) is 5.35. The summed E-state index contributed by atoms with van der Waals surface area (Å²) in [5.41, 5.74) is 5.51. The summed E-state index contributed by atoms with van der Waals surface area (Å²) >= 11 is 0. The topological polar surface area (TPSA) is 114 Å². The second-order valence-electron chi connectivity index (χ2n) is 3.64. The number of hydrogen-bond acceptors (Lipinski definition) is 5. The highest BCUT2D eigenvalue weighted by atomic mass is 16.5. The molecular formula is C10H19N7O. The van der Waals surface area contributed by atoms with Gasteiger partial charge in [-0.25, -0.2) is 0 Å². The molecule has 0 saturated carbocycles. The van der Waals surface area contributed by atoms with E-state index in [1.54, 1.807) is 18.0 Å². The van der Waals surface area contributed by atoms with Gasteiger partial charge in [0.05, 0.1) is 19.9 Å². The van der Waals surface area contributed by atoms with Gasteiger partial charge in [0.25, 0.3) is 0 Å². The Morgan fingerprint density at radius 2 is 2.39 bits per heavy atom. The predicted octanol–water partition coefficient (Wildman–Crippen LogP) is 0.428. The minimum absolute atomic E-state index is 0.301. The number of ether oxygens (including phenoxy) is 1. The number of nitrogens with zero attached hydrogens (tertiary/aromatic N) is 4. The van der Waals surface area contributed by atoms with Crippen molar-refractivity contribution in [2.75, 3.05) is 19.5 Å². The van der Waals surface area contributed by atoms with Crippen LogP contribution in [0.2, 0.25) is 0 Å². The standard InChI is InChI=1S/C10H19N7O/c1-13-10(12)15-9-7-14-17(16-9)6-4-3-5-8(11)18-2/h7,11H,3-6H2,1-2H3,(H3,12,13,15,16). The molecule has 1 aromatic rings. The Morgan fingerprint density at radius 3 is 3.06 bits per heavy atom. The van der Waals surface area contributed by atoms with Crippen LogP contribution in [0.3, 0.4) is 0 Å². The van der Waals surface area contributed by atoms with E-state index >= 15 is 0 Å². The van der Waals surface area contributed by atoms with Crippen molar-refractivity contribution < 1.29 is 4.74 Å². The van der Waals surface area contributed by atoms with Crippen LogP contribution in [0.15, 0.2) is 11.2 Å². The van der Waals surface area contributed by atoms with Gasteiger partial charge in [-0.1, -0.05) is 0 Å². The lowest BCUT2D eigenvalue weighted by Gasteiger charge is -2.02. The zero-order valence-electron chi connectivity index (χ0n) is 10.7. The summed E-state index contributed by atoms with van der Waals surface area (Å²) in [5, 5.41) is 18.4. The van der Waals surface area contributed by atoms with E-state index in [2.05, 4.69) is 20.5 Å². The number of anilines is 1. The first kappa shape index (κ1) is 13.9. The van der Waals surface area contributed by atoms with Crippen LogP contribution in [0.5, 0.6) is 0 Å². The molecule has 0 radical (unpaired) electrons. The third-order valence-electron chi connectivity index (χ3n) is 2.29. The van der Waals surface area contributed by atoms with Gasteiger partial charge in [-0.3, -0.25) is 10.4 Å². The molecule has 8 nitrogen and oxygen atoms in total. The molecular weight excluding hydrogens is 234 g/mol. The first-order valence-corrected chi connectivity index (χ1v) is 5.66. The first-order valence-electron chi connectivity index (χ1n) is 5.66. The highest BCUT2D eigenvalue weighted by Crippen LogP contribution is 2.02. The second-order valence-corrected chi connectivity index (χ2v) is 3.64. The Labute approximate surface area is 106 Å². The quantitative estimate of drug-likeness (QED) is 0.386. The number of aromatic nitrogens is 3. The normalized spacial score (nSPS) is 11.3. The predicted molar refractivity (Wildman–Crippen MR) is 69.8 cm³/mol. The summed E-state index contributed by atoms with van der Waals surface area (Å²) in [6.07, 6.45) is 3.99. The number of unbranched alkanes of at least 4 members (excludes halogenated alkanes) is 1. The Bertz CT molecular complexity index is 412. The van der Waals surface area contributed by atoms with Crippen LogP contribution in [0.4, 0.5) is 5.82 Å². The van der Waals surface area contributed by atoms with E-state index in [4.69, 9.17) is 15.9 Å². The molecule has 0 aliphatic carbocycles. The van der Waals surface area contributed by atoms with E-state index < -0.39 is 0 Å². The van der Waals surface area contributed by atoms with Crippen LogP contribution in [-0.4, -0.2) is 41.0 Å². The van der Waals surface area contributed by atoms with Crippen LogP contribution in [0.1, 0.15) is 19.3 Å². The molecule has 1 aromatic heterocycles. The Kier molecular flexibility index (Phi) is 5.62. The fourth-order valence-electron chi connectivity index (χ4n) is 1.29. The lowest BCUT2D eigenvalue weighted by atomic mass is 10.2. The van der Waals surface area contributed by atoms with Gasteiger partial charge in [-0.05, 0) is 12.8 Å². The Morgan fingerprint density at radius 1 is 1.61 bits per heavy atom. The van der Waals surface area contributed by atoms with Gasteiger partial charge in [-0.2, -0.15) is 9.90 Å². The van der Waals surface area contributed by atoms with Crippen molar-refractivity contribution in [3.63, 3.8) is 0 Å². The molecule has 8 heteroatoms. The number of nitrogens with one attached hydrogen (secondary N) is 2. The molecule has 0 saturated heterocycles. The number of nitrogens with two attached hydrogens (primary N) is 1. The van der Waals surface area contributed by atoms with Gasteiger partial charge < -0.3 is 15.8 Å². The number of aryl methyl sites for hydroxylation is 1. The molecule has 0 spiro atoms. The highest BCUT2D eigenvalue weighted by Gasteiger charge is 2.02. The third-order valence-corrected chi connectivity index (χ3v) is 2.29. The third kappa shape index (κ3) is 4.81. The molecule has 0 unspecified atom stereocenters. The number of methoxy groups -OCH3 is 1. The zero-order chi connectivity index (χ0) is 13.4. The molecule has 0 bridgehead atoms. The summed E-state index contributed by atoms with van der Waals surface area (Å²) < 4.78 is 4.77. The van der Waals surface area contributed by atoms with Crippen LogP contribution in [0.25, 0.3) is 0 Å². The molecule has 0 aromatic carbocycles. The molecule has 1 rings (SSSR count). The van der Waals surface area contributed by atoms with E-state index in [-0.39, 0.29) is 0 Å². The number of aliphatic imine (C=N–C) groups is 1. The molecule has 100 valence electrons. The largest absolute Gasteiger partial charge is 0.484 e. The highest BCUT2D eigenvalue weighted by molar-refractivity contribution is 5.90. The molecule has 0 aliphatic heterocycles. The van der Waals surface area contributed by atoms with Crippen molar-refractivity contribution >= 4 is 17.7 Å². The van der Waals surface area contributed by atoms with Gasteiger partial charge in [-0.15, -0.1) is 5.10 Å². The van der Waals surface area contributed by atoms with E-state index in [1.165, 1.54) is 7.11 Å². The van der Waals surface area contributed by atoms with E-state index in [9.17, 15) is 0 Å². The van der Waals surface area contributed by atoms with Gasteiger partial charge >= 0.3 is 0 Å². The molecule has 0 aliphatic rings. The Hall–Kier alpha value is -2.12. The van der Waals surface area contributed by atoms with Crippen LogP contribution in [0, 0.1) is 5.41 Å². The molecule has 4 N–H and O–H groups in total. The number of rotatable bonds is 6. The van der Waals surface area contributed by atoms with E-state index in [0.29, 0.717) is 30.6 Å². The van der Waals surface area contributed by atoms with Crippen molar-refractivity contribution in [2.24, 2.45) is 10.7 Å². The van der Waals surface area contributed by atoms with Gasteiger partial charge in [0.2, 0.25) is 0 Å². The second kappa shape index (κ2) is 7.25. The SMILES string of the molecule is CN=C(N)Nc1cnn(CCCCC(=N)OC)n1. The van der Waals surface area contributed by atoms with Crippen molar-refractivity contribution in [1.82, 2.24) is 15.0 Å². The summed E-state index contributed by atoms with van der Waals surface area (Å²) in [6, 6.07) is 0. The van der Waals surface area contributed by atoms with E-state index in [0.717, 1.165) is 12.8 Å². The van der Waals surface area contributed by atoms with Crippen LogP contribution in [-0.2, 0) is 11.3 Å². The van der Waals surface area contributed by atoms with Crippen molar-refractivity contribution in [2.45, 2.75) is 25.8 Å². The summed E-state index contributed by atoms with van der Waals surface area (Å²) in [5.74, 6) is 1.18. The fourth-order valence-corrected chi connectivity index (χ4v) is 1.29. The lowest BCUT2D eigenvalue weighted by Crippen LogP contribution is -2.22. The van der Waals surface area contributed by atoms with Gasteiger partial charge in [0, 0.05) is 13.5 Å². The van der Waals surface area contributed by atoms with Crippen molar-refractivity contribution in [3.8, 4) is 0 Å². The van der Waals surface area contributed by atoms with Gasteiger partial charge in [0.15, 0.2) is 17.7 Å². The van der Waals surface area contributed by atoms with Gasteiger partial charge in [0.1, 0.15) is 0 Å². The molecule has 0 fully saturated rings. The maximum absolute atomic E-state index is 7.33. The maximum Gasteiger partial charge on any atom is 0.194 e. The van der Waals surface area contributed by atoms with Crippen molar-refractivity contribution in [3.05, 3.63) is 6.20 Å². The summed E-state index contributed by atoms with van der Waals surface area (Å²) in [6.45, 7) is 0.696. The lowest BCUT2D eigenvalue weighted by molar-refractivity contribution is 0.381. The minimum Gasteiger partial charge on any atom is -0.484 e. The average Bonchev–Trinajstić information content (AvgIpc) is 2.81. The Balaban J connectivity index is 2.29. The van der Waals surface area contributed by atoms with Crippen molar-refractivity contribution in [1.29, 1.82) is 5.41 Å². The summed E-state index contributed by atoms with van der Waals surface area (Å²) in [7, 11) is 3.10. The molecule has 0 amide bonds. The average molecular weight is 253 g/mol. The minimum atomic E-state index is 0.301. The molecule has 0 atom stereocenters. The maximum atomic E-state index is 7.33. The number of guanidine groups is 1. The number of hydrogen-bond donors (Lipinski definition) is 3. The first-order chi connectivity index (χ1) is 8.65. The molecule has 18 heavy (non-hydrogen) atoms. The van der Waals surface area contributed by atoms with Crippen LogP contribution < -0.4 is 11.1 Å². The monoisotopic (exact) mass is 253 g/mol.